The molecule has 0 amide bonds. The Balaban J connectivity index is 4.52. The molecule has 0 aromatic rings. The van der Waals surface area contributed by atoms with Crippen molar-refractivity contribution in [3.63, 3.8) is 0 Å². The molecule has 4 nitrogen and oxygen atoms in total. The number of hydrogen-bond acceptors (Lipinski definition) is 2. The fourth-order valence-corrected chi connectivity index (χ4v) is 0.986. The van der Waals surface area contributed by atoms with Gasteiger partial charge in [-0.1, -0.05) is 0 Å². The number of ketones is 1. The van der Waals surface area contributed by atoms with Gasteiger partial charge in [0.25, 0.3) is 0 Å². The lowest BCUT2D eigenvalue weighted by atomic mass is 9.91. The molecular weight excluding hydrogens is 170 g/mol. The summed E-state index contributed by atoms with van der Waals surface area (Å²) in [6.45, 7) is 6.78. The summed E-state index contributed by atoms with van der Waals surface area (Å²) in [5.74, 6) is -0.958. The molecule has 0 radical (unpaired) electrons. The van der Waals surface area contributed by atoms with Crippen molar-refractivity contribution in [2.75, 3.05) is 7.05 Å². The van der Waals surface area contributed by atoms with E-state index in [0.717, 1.165) is 0 Å². The molecule has 0 saturated heterocycles. The van der Waals surface area contributed by atoms with Crippen molar-refractivity contribution >= 4 is 18.5 Å². The van der Waals surface area contributed by atoms with Gasteiger partial charge in [-0.3, -0.25) is 9.59 Å². The summed E-state index contributed by atoms with van der Waals surface area (Å²) >= 11 is 0. The summed E-state index contributed by atoms with van der Waals surface area (Å²) in [4.78, 5) is 21.6. The van der Waals surface area contributed by atoms with Crippen LogP contribution in [0.1, 0.15) is 26.7 Å². The van der Waals surface area contributed by atoms with E-state index in [1.165, 1.54) is 11.5 Å². The minimum Gasteiger partial charge on any atom is -0.481 e. The van der Waals surface area contributed by atoms with Crippen molar-refractivity contribution in [3.8, 4) is 0 Å². The smallest absolute Gasteiger partial charge is 0.303 e. The van der Waals surface area contributed by atoms with Gasteiger partial charge < -0.3 is 5.11 Å². The van der Waals surface area contributed by atoms with Crippen molar-refractivity contribution in [1.29, 1.82) is 0 Å². The summed E-state index contributed by atoms with van der Waals surface area (Å²) in [6, 6.07) is 0. The van der Waals surface area contributed by atoms with Crippen LogP contribution in [-0.4, -0.2) is 40.7 Å². The summed E-state index contributed by atoms with van der Waals surface area (Å²) in [7, 11) is 1.67. The van der Waals surface area contributed by atoms with Crippen LogP contribution in [0.15, 0.2) is 0 Å². The van der Waals surface area contributed by atoms with Crippen molar-refractivity contribution in [2.24, 2.45) is 0 Å². The van der Waals surface area contributed by atoms with E-state index in [2.05, 4.69) is 6.72 Å². The number of carbonyl (C=O) groups excluding carboxylic acids is 1. The number of Topliss-reactive ketones (excluding diaryl/α,β-unsaturated/α-hetero) is 1. The first-order chi connectivity index (χ1) is 5.80. The van der Waals surface area contributed by atoms with Gasteiger partial charge in [-0.2, -0.15) is 0 Å². The Kier molecular flexibility index (Phi) is 3.78. The van der Waals surface area contributed by atoms with E-state index >= 15 is 0 Å². The number of nitrogens with zero attached hydrogens (tertiary/aromatic N) is 1. The molecule has 74 valence electrons. The van der Waals surface area contributed by atoms with Crippen molar-refractivity contribution in [3.05, 3.63) is 0 Å². The molecule has 0 saturated carbocycles. The minimum atomic E-state index is -0.894. The highest BCUT2D eigenvalue weighted by Crippen LogP contribution is 2.16. The third-order valence-corrected chi connectivity index (χ3v) is 2.43. The van der Waals surface area contributed by atoms with E-state index in [1.54, 1.807) is 14.0 Å². The van der Waals surface area contributed by atoms with Crippen LogP contribution in [0.5, 0.6) is 0 Å². The Labute approximate surface area is 77.9 Å². The molecule has 1 N–H and O–H groups in total. The number of likely N-dealkylation sites (N-methyl/N-ethyl adjacent to an activating group) is 1. The second kappa shape index (κ2) is 4.16. The normalized spacial score (nSPS) is 14.7. The fraction of sp³-hybridized carbons (Fsp3) is 0.667. The second-order valence-corrected chi connectivity index (χ2v) is 3.42. The predicted octanol–water partition coefficient (Wildman–Crippen LogP) is 0.542. The van der Waals surface area contributed by atoms with E-state index in [-0.39, 0.29) is 18.6 Å². The van der Waals surface area contributed by atoms with Crippen LogP contribution >= 0.6 is 0 Å². The summed E-state index contributed by atoms with van der Waals surface area (Å²) < 4.78 is 1.51. The standard InChI is InChI=1S/C9H15NO3/c1-7(11)9(2,10(3)4)6-5-8(12)13/h3,5-6H2,1-2,4H3/p+1. The summed E-state index contributed by atoms with van der Waals surface area (Å²) in [5.41, 5.74) is -0.765. The first-order valence-electron chi connectivity index (χ1n) is 4.08. The monoisotopic (exact) mass is 186 g/mol. The lowest BCUT2D eigenvalue weighted by Gasteiger charge is -2.20. The SMILES string of the molecule is C=[N+](C)C(C)(CCC(=O)O)C(C)=O. The molecule has 4 heteroatoms. The maximum atomic E-state index is 11.2. The molecule has 0 aliphatic carbocycles. The van der Waals surface area contributed by atoms with Gasteiger partial charge in [0, 0.05) is 20.3 Å². The van der Waals surface area contributed by atoms with Crippen LogP contribution in [0.25, 0.3) is 0 Å². The van der Waals surface area contributed by atoms with Crippen LogP contribution in [0, 0.1) is 0 Å². The van der Waals surface area contributed by atoms with Gasteiger partial charge in [0.1, 0.15) is 13.8 Å². The zero-order valence-corrected chi connectivity index (χ0v) is 8.33. The van der Waals surface area contributed by atoms with Crippen molar-refractivity contribution < 1.29 is 19.3 Å². The molecule has 0 aliphatic rings. The maximum absolute atomic E-state index is 11.2. The molecule has 1 atom stereocenters. The summed E-state index contributed by atoms with van der Waals surface area (Å²) in [6.07, 6.45) is 0.271. The number of carbonyl (C=O) groups is 2. The van der Waals surface area contributed by atoms with E-state index < -0.39 is 11.5 Å². The van der Waals surface area contributed by atoms with E-state index in [0.29, 0.717) is 0 Å². The second-order valence-electron chi connectivity index (χ2n) is 3.42. The minimum absolute atomic E-state index is 0.0179. The molecular formula is C9H16NO3+. The zero-order chi connectivity index (χ0) is 10.6. The lowest BCUT2D eigenvalue weighted by Crippen LogP contribution is -2.43. The summed E-state index contributed by atoms with van der Waals surface area (Å²) in [5, 5.41) is 8.49. The number of aliphatic carboxylic acids is 1. The van der Waals surface area contributed by atoms with Gasteiger partial charge in [0.05, 0.1) is 6.42 Å². The van der Waals surface area contributed by atoms with E-state index in [4.69, 9.17) is 5.11 Å². The molecule has 0 spiro atoms. The van der Waals surface area contributed by atoms with Gasteiger partial charge in [-0.05, 0) is 0 Å². The number of rotatable bonds is 5. The third kappa shape index (κ3) is 2.97. The van der Waals surface area contributed by atoms with E-state index in [9.17, 15) is 9.59 Å². The van der Waals surface area contributed by atoms with Crippen LogP contribution in [0.2, 0.25) is 0 Å². The van der Waals surface area contributed by atoms with Crippen LogP contribution in [0.3, 0.4) is 0 Å². The molecule has 0 heterocycles. The predicted molar refractivity (Wildman–Crippen MR) is 49.3 cm³/mol. The highest BCUT2D eigenvalue weighted by Gasteiger charge is 2.38. The average molecular weight is 186 g/mol. The fourth-order valence-electron chi connectivity index (χ4n) is 0.986. The topological polar surface area (TPSA) is 57.4 Å². The van der Waals surface area contributed by atoms with Gasteiger partial charge in [0.15, 0.2) is 5.78 Å². The zero-order valence-electron chi connectivity index (χ0n) is 8.33. The van der Waals surface area contributed by atoms with Crippen molar-refractivity contribution in [1.82, 2.24) is 0 Å². The number of carboxylic acid groups (broad SMARTS) is 1. The third-order valence-electron chi connectivity index (χ3n) is 2.43. The Bertz CT molecular complexity index is 231. The maximum Gasteiger partial charge on any atom is 0.303 e. The number of carboxylic acids is 1. The molecule has 0 aliphatic heterocycles. The Morgan fingerprint density at radius 3 is 2.23 bits per heavy atom. The van der Waals surface area contributed by atoms with Crippen LogP contribution < -0.4 is 0 Å². The molecule has 0 fully saturated rings. The molecule has 0 aromatic carbocycles. The average Bonchev–Trinajstić information content (AvgIpc) is 1.99. The van der Waals surface area contributed by atoms with Crippen molar-refractivity contribution in [2.45, 2.75) is 32.2 Å². The highest BCUT2D eigenvalue weighted by atomic mass is 16.4. The van der Waals surface area contributed by atoms with Gasteiger partial charge >= 0.3 is 5.97 Å². The largest absolute Gasteiger partial charge is 0.481 e. The molecule has 1 unspecified atom stereocenters. The quantitative estimate of drug-likeness (QED) is 0.503. The first kappa shape index (κ1) is 11.8. The Morgan fingerprint density at radius 1 is 1.54 bits per heavy atom. The molecule has 0 bridgehead atoms. The van der Waals surface area contributed by atoms with Gasteiger partial charge in [0.2, 0.25) is 5.54 Å². The lowest BCUT2D eigenvalue weighted by molar-refractivity contribution is -0.555. The molecule has 13 heavy (non-hydrogen) atoms. The number of hydrogen-bond donors (Lipinski definition) is 1. The Hall–Kier alpha value is -1.19. The van der Waals surface area contributed by atoms with Gasteiger partial charge in [-0.15, -0.1) is 0 Å². The Morgan fingerprint density at radius 2 is 2.00 bits per heavy atom. The first-order valence-corrected chi connectivity index (χ1v) is 4.08. The molecule has 0 rings (SSSR count). The van der Waals surface area contributed by atoms with Crippen LogP contribution in [-0.2, 0) is 9.59 Å². The van der Waals surface area contributed by atoms with E-state index in [1.807, 2.05) is 0 Å². The molecule has 0 aromatic heterocycles. The van der Waals surface area contributed by atoms with Gasteiger partial charge in [-0.25, -0.2) is 4.58 Å². The van der Waals surface area contributed by atoms with Crippen LogP contribution in [0.4, 0.5) is 0 Å². The highest BCUT2D eigenvalue weighted by molar-refractivity contribution is 5.84.